The van der Waals surface area contributed by atoms with E-state index in [0.717, 1.165) is 55.7 Å². The Hall–Kier alpha value is -4.56. The molecule has 3 aromatic rings. The van der Waals surface area contributed by atoms with Gasteiger partial charge < -0.3 is 24.9 Å². The molecule has 2 aromatic carbocycles. The molecule has 8 heteroatoms. The van der Waals surface area contributed by atoms with Crippen LogP contribution in [-0.4, -0.2) is 36.3 Å². The summed E-state index contributed by atoms with van der Waals surface area (Å²) in [4.78, 5) is 41.0. The van der Waals surface area contributed by atoms with Gasteiger partial charge in [-0.15, -0.1) is 0 Å². The van der Waals surface area contributed by atoms with E-state index in [9.17, 15) is 14.4 Å². The molecule has 1 atom stereocenters. The van der Waals surface area contributed by atoms with E-state index in [-0.39, 0.29) is 23.6 Å². The molecule has 1 aliphatic carbocycles. The van der Waals surface area contributed by atoms with Crippen LogP contribution in [0.4, 0.5) is 5.69 Å². The molecule has 2 N–H and O–H groups in total. The summed E-state index contributed by atoms with van der Waals surface area (Å²) in [7, 11) is 1.37. The van der Waals surface area contributed by atoms with E-state index in [1.807, 2.05) is 48.6 Å². The van der Waals surface area contributed by atoms with Crippen LogP contribution >= 0.6 is 0 Å². The molecule has 4 rings (SSSR count). The Kier molecular flexibility index (Phi) is 11.8. The minimum Gasteiger partial charge on any atom is -0.465 e. The number of nitrogens with one attached hydrogen (secondary N) is 2. The molecular weight excluding hydrogens is 542 g/mol. The molecule has 1 amide bonds. The van der Waals surface area contributed by atoms with Gasteiger partial charge in [0.05, 0.1) is 24.6 Å². The average molecular weight is 582 g/mol. The SMILES string of the molecule is COC(=O)c1cccc(CNCCC(CCCC(C)=O)c2ccc(NC(=O)c3cccc(OC4=CCCC=C4)c3)cn2)c1. The van der Waals surface area contributed by atoms with Gasteiger partial charge in [-0.3, -0.25) is 9.78 Å². The molecule has 0 aliphatic heterocycles. The highest BCUT2D eigenvalue weighted by Crippen LogP contribution is 2.26. The van der Waals surface area contributed by atoms with E-state index in [1.54, 1.807) is 37.4 Å². The highest BCUT2D eigenvalue weighted by molar-refractivity contribution is 6.04. The zero-order valence-electron chi connectivity index (χ0n) is 24.8. The number of aromatic nitrogens is 1. The molecule has 0 spiro atoms. The summed E-state index contributed by atoms with van der Waals surface area (Å²) < 4.78 is 10.7. The van der Waals surface area contributed by atoms with E-state index >= 15 is 0 Å². The number of hydrogen-bond acceptors (Lipinski definition) is 7. The third-order valence-corrected chi connectivity index (χ3v) is 7.18. The number of hydrogen-bond donors (Lipinski definition) is 2. The number of ether oxygens (including phenoxy) is 2. The molecule has 8 nitrogen and oxygen atoms in total. The van der Waals surface area contributed by atoms with Crippen molar-refractivity contribution in [3.05, 3.63) is 113 Å². The lowest BCUT2D eigenvalue weighted by molar-refractivity contribution is -0.117. The van der Waals surface area contributed by atoms with Crippen molar-refractivity contribution in [2.45, 2.75) is 57.9 Å². The van der Waals surface area contributed by atoms with Crippen LogP contribution < -0.4 is 15.4 Å². The van der Waals surface area contributed by atoms with Gasteiger partial charge >= 0.3 is 5.97 Å². The molecule has 43 heavy (non-hydrogen) atoms. The van der Waals surface area contributed by atoms with E-state index in [1.165, 1.54) is 7.11 Å². The largest absolute Gasteiger partial charge is 0.465 e. The number of allylic oxidation sites excluding steroid dienone is 3. The number of nitrogens with zero attached hydrogens (tertiary/aromatic N) is 1. The summed E-state index contributed by atoms with van der Waals surface area (Å²) in [6.45, 7) is 2.96. The number of anilines is 1. The number of pyridine rings is 1. The van der Waals surface area contributed by atoms with Crippen LogP contribution in [0.5, 0.6) is 5.75 Å². The molecule has 1 heterocycles. The number of carbonyl (C=O) groups excluding carboxylic acids is 3. The standard InChI is InChI=1S/C35H39N3O5/c1-25(39)9-6-11-27(19-20-36-23-26-10-7-13-29(21-26)35(41)42-2)33-18-17-30(24-37-33)38-34(40)28-12-8-16-32(22-28)43-31-14-4-3-5-15-31/h4,7-8,10,12-18,21-22,24,27,36H,3,5-6,9,11,19-20,23H2,1-2H3,(H,38,40). The second-order valence-electron chi connectivity index (χ2n) is 10.6. The Morgan fingerprint density at radius 1 is 0.977 bits per heavy atom. The highest BCUT2D eigenvalue weighted by Gasteiger charge is 2.15. The van der Waals surface area contributed by atoms with Gasteiger partial charge in [0, 0.05) is 30.1 Å². The Balaban J connectivity index is 1.34. The first-order valence-electron chi connectivity index (χ1n) is 14.7. The Bertz CT molecular complexity index is 1460. The molecule has 1 unspecified atom stereocenters. The summed E-state index contributed by atoms with van der Waals surface area (Å²) in [5.74, 6) is 1.11. The van der Waals surface area contributed by atoms with Crippen LogP contribution in [0.15, 0.2) is 90.8 Å². The van der Waals surface area contributed by atoms with Crippen LogP contribution in [0.2, 0.25) is 0 Å². The zero-order valence-corrected chi connectivity index (χ0v) is 24.8. The lowest BCUT2D eigenvalue weighted by atomic mass is 9.93. The Morgan fingerprint density at radius 3 is 2.56 bits per heavy atom. The zero-order chi connectivity index (χ0) is 30.4. The van der Waals surface area contributed by atoms with E-state index in [0.29, 0.717) is 35.5 Å². The maximum atomic E-state index is 13.0. The minimum atomic E-state index is -0.356. The maximum absolute atomic E-state index is 13.0. The fourth-order valence-corrected chi connectivity index (χ4v) is 4.90. The van der Waals surface area contributed by atoms with Gasteiger partial charge in [-0.25, -0.2) is 4.79 Å². The van der Waals surface area contributed by atoms with Crippen molar-refractivity contribution in [2.75, 3.05) is 19.0 Å². The second kappa shape index (κ2) is 16.2. The molecule has 0 bridgehead atoms. The summed E-state index contributed by atoms with van der Waals surface area (Å²) in [6, 6.07) is 18.3. The first-order valence-corrected chi connectivity index (χ1v) is 14.7. The van der Waals surface area contributed by atoms with Gasteiger partial charge in [0.15, 0.2) is 0 Å². The third-order valence-electron chi connectivity index (χ3n) is 7.18. The van der Waals surface area contributed by atoms with Crippen molar-refractivity contribution in [3.63, 3.8) is 0 Å². The molecule has 0 saturated carbocycles. The lowest BCUT2D eigenvalue weighted by Gasteiger charge is -2.17. The van der Waals surface area contributed by atoms with E-state index in [2.05, 4.69) is 21.7 Å². The van der Waals surface area contributed by atoms with Gasteiger partial charge in [0.2, 0.25) is 0 Å². The van der Waals surface area contributed by atoms with Crippen LogP contribution in [0.25, 0.3) is 0 Å². The van der Waals surface area contributed by atoms with E-state index in [4.69, 9.17) is 9.47 Å². The molecule has 0 saturated heterocycles. The molecule has 0 radical (unpaired) electrons. The fraction of sp³-hybridized carbons (Fsp3) is 0.314. The van der Waals surface area contributed by atoms with Crippen molar-refractivity contribution in [1.29, 1.82) is 0 Å². The Morgan fingerprint density at radius 2 is 1.81 bits per heavy atom. The highest BCUT2D eigenvalue weighted by atomic mass is 16.5. The van der Waals surface area contributed by atoms with Crippen LogP contribution in [0, 0.1) is 0 Å². The predicted octanol–water partition coefficient (Wildman–Crippen LogP) is 6.76. The molecular formula is C35H39N3O5. The Labute approximate surface area is 253 Å². The van der Waals surface area contributed by atoms with Crippen molar-refractivity contribution in [3.8, 4) is 5.75 Å². The van der Waals surface area contributed by atoms with Gasteiger partial charge in [0.1, 0.15) is 17.3 Å². The smallest absolute Gasteiger partial charge is 0.337 e. The summed E-state index contributed by atoms with van der Waals surface area (Å²) >= 11 is 0. The van der Waals surface area contributed by atoms with Crippen LogP contribution in [0.3, 0.4) is 0 Å². The molecule has 1 aromatic heterocycles. The number of benzene rings is 2. The van der Waals surface area contributed by atoms with Gasteiger partial charge in [-0.05, 0) is 106 Å². The summed E-state index contributed by atoms with van der Waals surface area (Å²) in [6.07, 6.45) is 12.6. The van der Waals surface area contributed by atoms with Crippen LogP contribution in [0.1, 0.15) is 83.3 Å². The normalized spacial score (nSPS) is 13.1. The maximum Gasteiger partial charge on any atom is 0.337 e. The van der Waals surface area contributed by atoms with Gasteiger partial charge in [0.25, 0.3) is 5.91 Å². The quantitative estimate of drug-likeness (QED) is 0.151. The number of carbonyl (C=O) groups is 3. The third kappa shape index (κ3) is 10.0. The summed E-state index contributed by atoms with van der Waals surface area (Å²) in [5.41, 5.74) is 3.53. The minimum absolute atomic E-state index is 0.148. The number of rotatable bonds is 15. The second-order valence-corrected chi connectivity index (χ2v) is 10.6. The van der Waals surface area contributed by atoms with Crippen molar-refractivity contribution in [2.24, 2.45) is 0 Å². The monoisotopic (exact) mass is 581 g/mol. The lowest BCUT2D eigenvalue weighted by Crippen LogP contribution is -2.18. The molecule has 224 valence electrons. The van der Waals surface area contributed by atoms with Gasteiger partial charge in [-0.2, -0.15) is 0 Å². The van der Waals surface area contributed by atoms with Crippen molar-refractivity contribution < 1.29 is 23.9 Å². The molecule has 0 fully saturated rings. The number of amides is 1. The number of ketones is 1. The van der Waals surface area contributed by atoms with Crippen molar-refractivity contribution >= 4 is 23.3 Å². The van der Waals surface area contributed by atoms with Crippen LogP contribution in [-0.2, 0) is 16.1 Å². The predicted molar refractivity (Wildman–Crippen MR) is 167 cm³/mol. The number of esters is 1. The summed E-state index contributed by atoms with van der Waals surface area (Å²) in [5, 5.41) is 6.37. The fourth-order valence-electron chi connectivity index (χ4n) is 4.90. The number of methoxy groups -OCH3 is 1. The first kappa shape index (κ1) is 31.4. The first-order chi connectivity index (χ1) is 20.9. The average Bonchev–Trinajstić information content (AvgIpc) is 3.03. The van der Waals surface area contributed by atoms with Gasteiger partial charge in [-0.1, -0.05) is 24.3 Å². The van der Waals surface area contributed by atoms with E-state index < -0.39 is 0 Å². The topological polar surface area (TPSA) is 107 Å². The molecule has 1 aliphatic rings. The van der Waals surface area contributed by atoms with Crippen molar-refractivity contribution in [1.82, 2.24) is 10.3 Å². The number of Topliss-reactive ketones (excluding diaryl/α,β-unsaturated/α-hetero) is 1.